The molecule has 3 N–H and O–H groups in total. The Balaban J connectivity index is 1.94. The van der Waals surface area contributed by atoms with Crippen LogP contribution in [0.1, 0.15) is 12.8 Å². The maximum atomic E-state index is 9.82. The van der Waals surface area contributed by atoms with Gasteiger partial charge in [-0.15, -0.1) is 0 Å². The number of piperidine rings is 1. The Labute approximate surface area is 101 Å². The largest absolute Gasteiger partial charge is 0.462 e. The first-order chi connectivity index (χ1) is 8.30. The third-order valence-electron chi connectivity index (χ3n) is 3.70. The van der Waals surface area contributed by atoms with E-state index in [9.17, 15) is 5.11 Å². The third-order valence-corrected chi connectivity index (χ3v) is 3.70. The number of aliphatic hydroxyl groups is 1. The number of rotatable bonds is 1. The fourth-order valence-electron chi connectivity index (χ4n) is 2.86. The summed E-state index contributed by atoms with van der Waals surface area (Å²) in [7, 11) is 0. The molecule has 3 rings (SSSR count). The fourth-order valence-corrected chi connectivity index (χ4v) is 2.86. The quantitative estimate of drug-likeness (QED) is 0.619. The minimum absolute atomic E-state index is 0.101. The van der Waals surface area contributed by atoms with Gasteiger partial charge >= 0.3 is 5.90 Å². The van der Waals surface area contributed by atoms with E-state index in [0.717, 1.165) is 25.9 Å². The van der Waals surface area contributed by atoms with Crippen molar-refractivity contribution in [1.82, 2.24) is 5.32 Å². The van der Waals surface area contributed by atoms with Crippen LogP contribution >= 0.6 is 0 Å². The zero-order chi connectivity index (χ0) is 11.7. The molecule has 0 radical (unpaired) electrons. The van der Waals surface area contributed by atoms with Crippen molar-refractivity contribution in [2.75, 3.05) is 24.5 Å². The van der Waals surface area contributed by atoms with Gasteiger partial charge < -0.3 is 10.4 Å². The molecule has 2 aliphatic heterocycles. The first-order valence-electron chi connectivity index (χ1n) is 6.17. The molecule has 17 heavy (non-hydrogen) atoms. The minimum atomic E-state index is -0.101. The summed E-state index contributed by atoms with van der Waals surface area (Å²) in [4.78, 5) is 5.56. The number of nitrogens with one attached hydrogen (secondary N) is 2. The molecule has 1 aromatic rings. The molecule has 4 heteroatoms. The SMILES string of the molecule is OC1=[NH+]C2(CCNCC2)N(c2ccccc2)C1. The van der Waals surface area contributed by atoms with Crippen LogP contribution in [0.25, 0.3) is 0 Å². The van der Waals surface area contributed by atoms with E-state index in [0.29, 0.717) is 12.4 Å². The van der Waals surface area contributed by atoms with Gasteiger partial charge in [0.2, 0.25) is 5.66 Å². The second-order valence-corrected chi connectivity index (χ2v) is 4.77. The molecule has 2 heterocycles. The molecule has 0 aliphatic carbocycles. The number of nitrogens with zero attached hydrogens (tertiary/aromatic N) is 1. The van der Waals surface area contributed by atoms with Crippen LogP contribution in [0.2, 0.25) is 0 Å². The maximum Gasteiger partial charge on any atom is 0.354 e. The van der Waals surface area contributed by atoms with E-state index < -0.39 is 0 Å². The van der Waals surface area contributed by atoms with Gasteiger partial charge in [-0.3, -0.25) is 4.90 Å². The Bertz CT molecular complexity index is 424. The van der Waals surface area contributed by atoms with Crippen LogP contribution in [0, 0.1) is 0 Å². The van der Waals surface area contributed by atoms with Crippen molar-refractivity contribution in [3.05, 3.63) is 30.3 Å². The summed E-state index contributed by atoms with van der Waals surface area (Å²) in [5.74, 6) is 0.385. The molecular weight excluding hydrogens is 214 g/mol. The van der Waals surface area contributed by atoms with Gasteiger partial charge in [-0.05, 0) is 12.1 Å². The van der Waals surface area contributed by atoms with Gasteiger partial charge in [0.15, 0.2) is 0 Å². The molecule has 4 nitrogen and oxygen atoms in total. The standard InChI is InChI=1S/C13H17N3O/c17-12-10-16(11-4-2-1-3-5-11)13(15-12)6-8-14-9-7-13/h1-5,14H,6-10H2,(H,15,17)/p+1. The molecule has 0 unspecified atom stereocenters. The smallest absolute Gasteiger partial charge is 0.354 e. The van der Waals surface area contributed by atoms with Crippen LogP contribution in [0.15, 0.2) is 30.3 Å². The van der Waals surface area contributed by atoms with Gasteiger partial charge in [0.25, 0.3) is 0 Å². The van der Waals surface area contributed by atoms with E-state index in [2.05, 4.69) is 27.3 Å². The highest BCUT2D eigenvalue weighted by molar-refractivity contribution is 5.77. The fraction of sp³-hybridized carbons (Fsp3) is 0.462. The summed E-state index contributed by atoms with van der Waals surface area (Å²) in [6, 6.07) is 10.3. The van der Waals surface area contributed by atoms with Crippen molar-refractivity contribution in [3.8, 4) is 0 Å². The van der Waals surface area contributed by atoms with Gasteiger partial charge in [0, 0.05) is 31.6 Å². The van der Waals surface area contributed by atoms with Crippen LogP contribution in [0.3, 0.4) is 0 Å². The summed E-state index contributed by atoms with van der Waals surface area (Å²) >= 11 is 0. The molecule has 0 saturated carbocycles. The molecule has 1 aromatic carbocycles. The van der Waals surface area contributed by atoms with E-state index >= 15 is 0 Å². The second kappa shape index (κ2) is 4.04. The van der Waals surface area contributed by atoms with Crippen LogP contribution in [0.4, 0.5) is 5.69 Å². The number of benzene rings is 1. The topological polar surface area (TPSA) is 49.5 Å². The molecule has 1 saturated heterocycles. The molecule has 2 aliphatic rings. The predicted molar refractivity (Wildman–Crippen MR) is 67.2 cm³/mol. The first kappa shape index (κ1) is 10.6. The van der Waals surface area contributed by atoms with Crippen LogP contribution in [0.5, 0.6) is 0 Å². The van der Waals surface area contributed by atoms with Crippen LogP contribution in [-0.4, -0.2) is 36.3 Å². The molecule has 1 fully saturated rings. The summed E-state index contributed by atoms with van der Waals surface area (Å²) in [6.07, 6.45) is 2.01. The molecule has 0 atom stereocenters. The summed E-state index contributed by atoms with van der Waals surface area (Å²) < 4.78 is 0. The molecule has 0 bridgehead atoms. The van der Waals surface area contributed by atoms with Gasteiger partial charge in [-0.1, -0.05) is 18.2 Å². The van der Waals surface area contributed by atoms with Gasteiger partial charge in [0.05, 0.1) is 0 Å². The van der Waals surface area contributed by atoms with Crippen molar-refractivity contribution >= 4 is 11.6 Å². The van der Waals surface area contributed by atoms with Gasteiger partial charge in [0.1, 0.15) is 6.54 Å². The Morgan fingerprint density at radius 3 is 2.59 bits per heavy atom. The average Bonchev–Trinajstić information content (AvgIpc) is 2.68. The highest BCUT2D eigenvalue weighted by Crippen LogP contribution is 2.27. The third kappa shape index (κ3) is 1.78. The molecule has 0 amide bonds. The van der Waals surface area contributed by atoms with E-state index in [1.165, 1.54) is 5.69 Å². The highest BCUT2D eigenvalue weighted by Gasteiger charge is 2.49. The second-order valence-electron chi connectivity index (χ2n) is 4.77. The average molecular weight is 232 g/mol. The normalized spacial score (nSPS) is 22.8. The van der Waals surface area contributed by atoms with Crippen LogP contribution in [-0.2, 0) is 0 Å². The Hall–Kier alpha value is -1.55. The molecule has 1 spiro atoms. The number of anilines is 1. The maximum absolute atomic E-state index is 9.82. The number of para-hydroxylation sites is 1. The van der Waals surface area contributed by atoms with Gasteiger partial charge in [-0.2, -0.15) is 4.99 Å². The lowest BCUT2D eigenvalue weighted by atomic mass is 9.97. The zero-order valence-electron chi connectivity index (χ0n) is 9.82. The van der Waals surface area contributed by atoms with E-state index in [-0.39, 0.29) is 5.66 Å². The summed E-state index contributed by atoms with van der Waals surface area (Å²) in [6.45, 7) is 2.57. The zero-order valence-corrected chi connectivity index (χ0v) is 9.82. The van der Waals surface area contributed by atoms with E-state index in [1.807, 2.05) is 18.2 Å². The minimum Gasteiger partial charge on any atom is -0.462 e. The molecule has 0 aromatic heterocycles. The lowest BCUT2D eigenvalue weighted by Crippen LogP contribution is -2.89. The van der Waals surface area contributed by atoms with Crippen molar-refractivity contribution in [3.63, 3.8) is 0 Å². The Morgan fingerprint density at radius 2 is 1.88 bits per heavy atom. The Morgan fingerprint density at radius 1 is 1.18 bits per heavy atom. The van der Waals surface area contributed by atoms with Gasteiger partial charge in [-0.25, -0.2) is 0 Å². The van der Waals surface area contributed by atoms with Crippen LogP contribution < -0.4 is 15.2 Å². The highest BCUT2D eigenvalue weighted by atomic mass is 16.3. The van der Waals surface area contributed by atoms with E-state index in [4.69, 9.17) is 0 Å². The summed E-state index contributed by atoms with van der Waals surface area (Å²) in [5, 5.41) is 13.2. The number of hydrogen-bond acceptors (Lipinski definition) is 2. The van der Waals surface area contributed by atoms with Crippen molar-refractivity contribution < 1.29 is 10.1 Å². The molecule has 90 valence electrons. The monoisotopic (exact) mass is 232 g/mol. The Kier molecular flexibility index (Phi) is 2.52. The molecular formula is C13H18N3O+. The number of aliphatic hydroxyl groups excluding tert-OH is 1. The van der Waals surface area contributed by atoms with Crippen molar-refractivity contribution in [1.29, 1.82) is 0 Å². The lowest BCUT2D eigenvalue weighted by molar-refractivity contribution is -0.553. The van der Waals surface area contributed by atoms with Crippen molar-refractivity contribution in [2.45, 2.75) is 18.5 Å². The first-order valence-corrected chi connectivity index (χ1v) is 6.17. The van der Waals surface area contributed by atoms with Crippen molar-refractivity contribution in [2.24, 2.45) is 0 Å². The predicted octanol–water partition coefficient (Wildman–Crippen LogP) is -0.377. The lowest BCUT2D eigenvalue weighted by Gasteiger charge is -2.35. The number of hydrogen-bond donors (Lipinski definition) is 3. The summed E-state index contributed by atoms with van der Waals surface area (Å²) in [5.41, 5.74) is 1.07. The van der Waals surface area contributed by atoms with E-state index in [1.54, 1.807) is 0 Å².